The van der Waals surface area contributed by atoms with Crippen LogP contribution in [-0.4, -0.2) is 11.0 Å². The van der Waals surface area contributed by atoms with Gasteiger partial charge >= 0.3 is 5.97 Å². The largest absolute Gasteiger partial charge is 0.422 e. The molecule has 16 heavy (non-hydrogen) atoms. The van der Waals surface area contributed by atoms with Gasteiger partial charge in [0, 0.05) is 0 Å². The summed E-state index contributed by atoms with van der Waals surface area (Å²) in [5, 5.41) is 0. The molecule has 0 spiro atoms. The fourth-order valence-corrected chi connectivity index (χ4v) is 1.21. The highest BCUT2D eigenvalue weighted by molar-refractivity contribution is 5.89. The fraction of sp³-hybridized carbons (Fsp3) is 0. The summed E-state index contributed by atoms with van der Waals surface area (Å²) in [4.78, 5) is 15.5. The monoisotopic (exact) mass is 214 g/mol. The third kappa shape index (κ3) is 2.36. The maximum Gasteiger partial charge on any atom is 0.362 e. The summed E-state index contributed by atoms with van der Waals surface area (Å²) in [6.07, 6.45) is 0. The lowest BCUT2D eigenvalue weighted by molar-refractivity contribution is 0.0729. The number of nitrogen functional groups attached to an aromatic ring is 1. The minimum Gasteiger partial charge on any atom is -0.422 e. The van der Waals surface area contributed by atoms with Crippen LogP contribution >= 0.6 is 0 Å². The Morgan fingerprint density at radius 2 is 1.81 bits per heavy atom. The molecule has 2 rings (SSSR count). The lowest BCUT2D eigenvalue weighted by Crippen LogP contribution is -2.11. The lowest BCUT2D eigenvalue weighted by atomic mass is 10.3. The summed E-state index contributed by atoms with van der Waals surface area (Å²) in [5.41, 5.74) is 5.67. The van der Waals surface area contributed by atoms with Gasteiger partial charge in [-0.1, -0.05) is 24.3 Å². The molecule has 1 aromatic heterocycles. The number of para-hydroxylation sites is 1. The molecule has 0 fully saturated rings. The first kappa shape index (κ1) is 10.2. The van der Waals surface area contributed by atoms with Crippen molar-refractivity contribution in [3.05, 3.63) is 54.2 Å². The average molecular weight is 214 g/mol. The number of benzene rings is 1. The van der Waals surface area contributed by atoms with Crippen LogP contribution in [0.5, 0.6) is 5.75 Å². The predicted molar refractivity (Wildman–Crippen MR) is 60.0 cm³/mol. The highest BCUT2D eigenvalue weighted by Crippen LogP contribution is 2.11. The number of ether oxygens (including phenoxy) is 1. The maximum atomic E-state index is 11.6. The van der Waals surface area contributed by atoms with E-state index in [1.54, 1.807) is 42.5 Å². The molecule has 1 aromatic carbocycles. The smallest absolute Gasteiger partial charge is 0.362 e. The summed E-state index contributed by atoms with van der Waals surface area (Å²) in [6.45, 7) is 0. The first-order valence-corrected chi connectivity index (χ1v) is 4.75. The number of nitrogens with zero attached hydrogens (tertiary/aromatic N) is 1. The van der Waals surface area contributed by atoms with Crippen LogP contribution in [-0.2, 0) is 0 Å². The Morgan fingerprint density at radius 1 is 1.06 bits per heavy atom. The van der Waals surface area contributed by atoms with Crippen molar-refractivity contribution in [3.8, 4) is 5.75 Å². The Kier molecular flexibility index (Phi) is 2.82. The van der Waals surface area contributed by atoms with Crippen LogP contribution in [0.25, 0.3) is 0 Å². The zero-order valence-electron chi connectivity index (χ0n) is 8.46. The van der Waals surface area contributed by atoms with E-state index >= 15 is 0 Å². The van der Waals surface area contributed by atoms with E-state index in [-0.39, 0.29) is 5.69 Å². The quantitative estimate of drug-likeness (QED) is 0.612. The summed E-state index contributed by atoms with van der Waals surface area (Å²) in [6, 6.07) is 13.6. The molecular formula is C12H10N2O2. The van der Waals surface area contributed by atoms with Crippen molar-refractivity contribution in [1.82, 2.24) is 4.98 Å². The number of aromatic nitrogens is 1. The van der Waals surface area contributed by atoms with Crippen LogP contribution in [0.15, 0.2) is 48.5 Å². The second-order valence-electron chi connectivity index (χ2n) is 3.15. The van der Waals surface area contributed by atoms with Gasteiger partial charge in [0.2, 0.25) is 0 Å². The van der Waals surface area contributed by atoms with Gasteiger partial charge in [-0.2, -0.15) is 0 Å². The van der Waals surface area contributed by atoms with E-state index in [0.29, 0.717) is 11.6 Å². The molecule has 0 saturated carbocycles. The lowest BCUT2D eigenvalue weighted by Gasteiger charge is -2.03. The molecule has 2 N–H and O–H groups in total. The van der Waals surface area contributed by atoms with Crippen molar-refractivity contribution in [3.63, 3.8) is 0 Å². The second-order valence-corrected chi connectivity index (χ2v) is 3.15. The number of nitrogens with two attached hydrogens (primary N) is 1. The van der Waals surface area contributed by atoms with Crippen LogP contribution in [0.3, 0.4) is 0 Å². The second kappa shape index (κ2) is 4.44. The first-order valence-electron chi connectivity index (χ1n) is 4.75. The predicted octanol–water partition coefficient (Wildman–Crippen LogP) is 1.88. The summed E-state index contributed by atoms with van der Waals surface area (Å²) >= 11 is 0. The van der Waals surface area contributed by atoms with Gasteiger partial charge in [-0.15, -0.1) is 0 Å². The summed E-state index contributed by atoms with van der Waals surface area (Å²) < 4.78 is 5.10. The number of hydrogen-bond donors (Lipinski definition) is 1. The number of esters is 1. The Bertz CT molecular complexity index is 497. The van der Waals surface area contributed by atoms with Gasteiger partial charge in [0.05, 0.1) is 0 Å². The molecule has 0 aliphatic carbocycles. The standard InChI is InChI=1S/C12H10N2O2/c13-11-8-4-7-10(14-11)12(15)16-9-5-2-1-3-6-9/h1-8H,(H2,13,14). The number of rotatable bonds is 2. The van der Waals surface area contributed by atoms with Crippen molar-refractivity contribution in [1.29, 1.82) is 0 Å². The van der Waals surface area contributed by atoms with E-state index in [0.717, 1.165) is 0 Å². The summed E-state index contributed by atoms with van der Waals surface area (Å²) in [7, 11) is 0. The molecule has 0 amide bonds. The van der Waals surface area contributed by atoms with E-state index in [2.05, 4.69) is 4.98 Å². The molecule has 0 atom stereocenters. The molecule has 0 aliphatic heterocycles. The molecule has 80 valence electrons. The normalized spacial score (nSPS) is 9.75. The van der Waals surface area contributed by atoms with Gasteiger partial charge < -0.3 is 10.5 Å². The van der Waals surface area contributed by atoms with E-state index in [1.165, 1.54) is 0 Å². The van der Waals surface area contributed by atoms with Crippen LogP contribution in [0.4, 0.5) is 5.82 Å². The molecular weight excluding hydrogens is 204 g/mol. The minimum atomic E-state index is -0.515. The van der Waals surface area contributed by atoms with Gasteiger partial charge in [0.15, 0.2) is 5.69 Å². The molecule has 0 unspecified atom stereocenters. The van der Waals surface area contributed by atoms with Crippen LogP contribution in [0.2, 0.25) is 0 Å². The third-order valence-corrected chi connectivity index (χ3v) is 1.93. The molecule has 1 heterocycles. The Hall–Kier alpha value is -2.36. The van der Waals surface area contributed by atoms with Crippen molar-refractivity contribution < 1.29 is 9.53 Å². The number of pyridine rings is 1. The highest BCUT2D eigenvalue weighted by atomic mass is 16.5. The number of carbonyl (C=O) groups excluding carboxylic acids is 1. The van der Waals surface area contributed by atoms with Crippen LogP contribution < -0.4 is 10.5 Å². The molecule has 2 aromatic rings. The Morgan fingerprint density at radius 3 is 2.50 bits per heavy atom. The van der Waals surface area contributed by atoms with Crippen molar-refractivity contribution >= 4 is 11.8 Å². The van der Waals surface area contributed by atoms with Crippen molar-refractivity contribution in [2.75, 3.05) is 5.73 Å². The number of carbonyl (C=O) groups is 1. The molecule has 4 heteroatoms. The minimum absolute atomic E-state index is 0.198. The van der Waals surface area contributed by atoms with Gasteiger partial charge in [-0.05, 0) is 24.3 Å². The first-order chi connectivity index (χ1) is 7.75. The summed E-state index contributed by atoms with van der Waals surface area (Å²) in [5.74, 6) is 0.262. The van der Waals surface area contributed by atoms with Crippen LogP contribution in [0.1, 0.15) is 10.5 Å². The molecule has 0 aliphatic rings. The SMILES string of the molecule is Nc1cccc(C(=O)Oc2ccccc2)n1. The topological polar surface area (TPSA) is 65.2 Å². The number of hydrogen-bond acceptors (Lipinski definition) is 4. The van der Waals surface area contributed by atoms with Gasteiger partial charge in [0.25, 0.3) is 0 Å². The molecule has 4 nitrogen and oxygen atoms in total. The third-order valence-electron chi connectivity index (χ3n) is 1.93. The van der Waals surface area contributed by atoms with Crippen molar-refractivity contribution in [2.24, 2.45) is 0 Å². The molecule has 0 saturated heterocycles. The van der Waals surface area contributed by atoms with Crippen LogP contribution in [0, 0.1) is 0 Å². The highest BCUT2D eigenvalue weighted by Gasteiger charge is 2.09. The zero-order valence-corrected chi connectivity index (χ0v) is 8.46. The molecule has 0 radical (unpaired) electrons. The molecule has 0 bridgehead atoms. The van der Waals surface area contributed by atoms with E-state index in [9.17, 15) is 4.79 Å². The average Bonchev–Trinajstić information content (AvgIpc) is 2.30. The fourth-order valence-electron chi connectivity index (χ4n) is 1.21. The van der Waals surface area contributed by atoms with E-state index in [1.807, 2.05) is 6.07 Å². The van der Waals surface area contributed by atoms with Gasteiger partial charge in [0.1, 0.15) is 11.6 Å². The van der Waals surface area contributed by atoms with Gasteiger partial charge in [-0.3, -0.25) is 0 Å². The van der Waals surface area contributed by atoms with E-state index < -0.39 is 5.97 Å². The Balaban J connectivity index is 2.15. The van der Waals surface area contributed by atoms with Crippen molar-refractivity contribution in [2.45, 2.75) is 0 Å². The number of anilines is 1. The zero-order chi connectivity index (χ0) is 11.4. The van der Waals surface area contributed by atoms with E-state index in [4.69, 9.17) is 10.5 Å². The maximum absolute atomic E-state index is 11.6. The van der Waals surface area contributed by atoms with Gasteiger partial charge in [-0.25, -0.2) is 9.78 Å². The Labute approximate surface area is 92.7 Å².